The van der Waals surface area contributed by atoms with Crippen LogP contribution in [0.4, 0.5) is 4.39 Å². The minimum Gasteiger partial charge on any atom is -0.385 e. The van der Waals surface area contributed by atoms with E-state index in [0.29, 0.717) is 46.1 Å². The summed E-state index contributed by atoms with van der Waals surface area (Å²) in [4.78, 5) is 28.0. The average molecular weight is 513 g/mol. The summed E-state index contributed by atoms with van der Waals surface area (Å²) in [6.45, 7) is 7.68. The Labute approximate surface area is 220 Å². The molecule has 3 heterocycles. The number of ketones is 1. The first-order valence-electron chi connectivity index (χ1n) is 12.7. The van der Waals surface area contributed by atoms with E-state index in [1.165, 1.54) is 6.07 Å². The molecule has 0 N–H and O–H groups in total. The van der Waals surface area contributed by atoms with Gasteiger partial charge >= 0.3 is 0 Å². The lowest BCUT2D eigenvalue weighted by molar-refractivity contribution is 0.0826. The van der Waals surface area contributed by atoms with E-state index in [1.807, 2.05) is 58.0 Å². The molecule has 2 atom stereocenters. The molecule has 0 bridgehead atoms. The number of aromatic nitrogens is 3. The maximum Gasteiger partial charge on any atom is 0.229 e. The van der Waals surface area contributed by atoms with Crippen molar-refractivity contribution in [2.75, 3.05) is 0 Å². The number of oxime groups is 1. The first-order chi connectivity index (χ1) is 18.3. The molecule has 2 aromatic carbocycles. The summed E-state index contributed by atoms with van der Waals surface area (Å²) >= 11 is 0. The van der Waals surface area contributed by atoms with Gasteiger partial charge in [0, 0.05) is 47.6 Å². The minimum absolute atomic E-state index is 0.113. The minimum atomic E-state index is -0.350. The van der Waals surface area contributed by atoms with Crippen LogP contribution in [0.25, 0.3) is 11.1 Å². The zero-order valence-corrected chi connectivity index (χ0v) is 21.8. The lowest BCUT2D eigenvalue weighted by Crippen LogP contribution is -2.09. The highest BCUT2D eigenvalue weighted by Crippen LogP contribution is 2.32. The first kappa shape index (κ1) is 25.4. The summed E-state index contributed by atoms with van der Waals surface area (Å²) in [6, 6.07) is 16.1. The molecule has 8 heteroatoms. The van der Waals surface area contributed by atoms with E-state index < -0.39 is 0 Å². The highest BCUT2D eigenvalue weighted by molar-refractivity contribution is 6.06. The van der Waals surface area contributed by atoms with Crippen LogP contribution in [0.1, 0.15) is 90.4 Å². The lowest BCUT2D eigenvalue weighted by atomic mass is 9.91. The fourth-order valence-electron chi connectivity index (χ4n) is 4.40. The molecule has 38 heavy (non-hydrogen) atoms. The number of hydrogen-bond acceptors (Lipinski definition) is 7. The molecular weight excluding hydrogens is 483 g/mol. The molecule has 2 unspecified atom stereocenters. The van der Waals surface area contributed by atoms with Crippen LogP contribution in [0.15, 0.2) is 70.5 Å². The van der Waals surface area contributed by atoms with Gasteiger partial charge in [0.1, 0.15) is 5.82 Å². The van der Waals surface area contributed by atoms with Gasteiger partial charge in [-0.25, -0.2) is 4.39 Å². The smallest absolute Gasteiger partial charge is 0.229 e. The van der Waals surface area contributed by atoms with Gasteiger partial charge in [0.05, 0.1) is 11.4 Å². The largest absolute Gasteiger partial charge is 0.385 e. The second-order valence-corrected chi connectivity index (χ2v) is 10.0. The van der Waals surface area contributed by atoms with Gasteiger partial charge in [-0.05, 0) is 54.4 Å². The Kier molecular flexibility index (Phi) is 7.13. The SMILES string of the molecule is Cc1ccc(-c2cc(C(=O)CC(C)c3nc(C(C)C)no3)cc(C3=NOC(c4ccccn4)C3)c2)c(F)c1. The molecule has 0 radical (unpaired) electrons. The molecule has 194 valence electrons. The van der Waals surface area contributed by atoms with Crippen LogP contribution in [0.2, 0.25) is 0 Å². The van der Waals surface area contributed by atoms with Crippen molar-refractivity contribution < 1.29 is 18.5 Å². The van der Waals surface area contributed by atoms with E-state index in [2.05, 4.69) is 20.3 Å². The standard InChI is InChI=1S/C30H29FN4O3/c1-17(2)29-33-30(38-35-29)19(4)12-27(36)22-14-20(23-9-8-18(3)11-24(23)31)13-21(15-22)26-16-28(37-34-26)25-7-5-6-10-32-25/h5-11,13-15,17,19,28H,12,16H2,1-4H3. The van der Waals surface area contributed by atoms with Crippen LogP contribution in [0.3, 0.4) is 0 Å². The van der Waals surface area contributed by atoms with Crippen LogP contribution in [0, 0.1) is 12.7 Å². The van der Waals surface area contributed by atoms with Gasteiger partial charge in [-0.2, -0.15) is 4.98 Å². The summed E-state index contributed by atoms with van der Waals surface area (Å²) in [6.07, 6.45) is 2.04. The van der Waals surface area contributed by atoms with E-state index >= 15 is 0 Å². The van der Waals surface area contributed by atoms with Crippen molar-refractivity contribution in [3.05, 3.63) is 101 Å². The molecular formula is C30H29FN4O3. The second kappa shape index (κ2) is 10.7. The summed E-state index contributed by atoms with van der Waals surface area (Å²) < 4.78 is 20.4. The predicted molar refractivity (Wildman–Crippen MR) is 142 cm³/mol. The quantitative estimate of drug-likeness (QED) is 0.237. The Balaban J connectivity index is 1.46. The van der Waals surface area contributed by atoms with Crippen LogP contribution < -0.4 is 0 Å². The lowest BCUT2D eigenvalue weighted by Gasteiger charge is -2.12. The fraction of sp³-hybridized carbons (Fsp3) is 0.300. The number of nitrogens with zero attached hydrogens (tertiary/aromatic N) is 4. The molecule has 5 rings (SSSR count). The number of carbonyl (C=O) groups excluding carboxylic acids is 1. The van der Waals surface area contributed by atoms with E-state index in [4.69, 9.17) is 9.36 Å². The summed E-state index contributed by atoms with van der Waals surface area (Å²) in [7, 11) is 0. The molecule has 0 saturated carbocycles. The first-order valence-corrected chi connectivity index (χ1v) is 12.7. The Morgan fingerprint density at radius 3 is 2.61 bits per heavy atom. The van der Waals surface area contributed by atoms with Gasteiger partial charge in [-0.15, -0.1) is 0 Å². The van der Waals surface area contributed by atoms with Gasteiger partial charge in [-0.1, -0.05) is 49.3 Å². The molecule has 7 nitrogen and oxygen atoms in total. The van der Waals surface area contributed by atoms with Crippen LogP contribution in [0.5, 0.6) is 0 Å². The summed E-state index contributed by atoms with van der Waals surface area (Å²) in [5, 5.41) is 8.31. The van der Waals surface area contributed by atoms with Crippen molar-refractivity contribution in [3.63, 3.8) is 0 Å². The van der Waals surface area contributed by atoms with E-state index in [1.54, 1.807) is 24.4 Å². The number of carbonyl (C=O) groups is 1. The molecule has 0 saturated heterocycles. The Morgan fingerprint density at radius 2 is 1.89 bits per heavy atom. The Hall–Kier alpha value is -4.20. The van der Waals surface area contributed by atoms with Crippen LogP contribution >= 0.6 is 0 Å². The molecule has 0 amide bonds. The Bertz CT molecular complexity index is 1500. The number of hydrogen-bond donors (Lipinski definition) is 0. The maximum atomic E-state index is 15.0. The number of halogens is 1. The molecule has 1 aliphatic rings. The zero-order chi connectivity index (χ0) is 26.8. The predicted octanol–water partition coefficient (Wildman–Crippen LogP) is 6.94. The van der Waals surface area contributed by atoms with Gasteiger partial charge in [0.25, 0.3) is 0 Å². The average Bonchev–Trinajstić information content (AvgIpc) is 3.60. The summed E-state index contributed by atoms with van der Waals surface area (Å²) in [5.74, 6) is 0.430. The summed E-state index contributed by atoms with van der Waals surface area (Å²) in [5.41, 5.74) is 4.44. The molecule has 0 fully saturated rings. The van der Waals surface area contributed by atoms with E-state index in [9.17, 15) is 9.18 Å². The third-order valence-electron chi connectivity index (χ3n) is 6.60. The van der Waals surface area contributed by atoms with Crippen molar-refractivity contribution in [1.82, 2.24) is 15.1 Å². The van der Waals surface area contributed by atoms with Crippen molar-refractivity contribution in [2.24, 2.45) is 5.16 Å². The highest BCUT2D eigenvalue weighted by Gasteiger charge is 2.27. The monoisotopic (exact) mass is 512 g/mol. The van der Waals surface area contributed by atoms with Gasteiger partial charge in [0.15, 0.2) is 17.7 Å². The number of Topliss-reactive ketones (excluding diaryl/α,β-unsaturated/α-hetero) is 1. The maximum absolute atomic E-state index is 15.0. The van der Waals surface area contributed by atoms with Crippen molar-refractivity contribution >= 4 is 11.5 Å². The third-order valence-corrected chi connectivity index (χ3v) is 6.60. The number of benzene rings is 2. The molecule has 4 aromatic rings. The number of pyridine rings is 1. The molecule has 2 aromatic heterocycles. The van der Waals surface area contributed by atoms with E-state index in [-0.39, 0.29) is 36.0 Å². The molecule has 0 spiro atoms. The number of aryl methyl sites for hydroxylation is 1. The third kappa shape index (κ3) is 5.39. The second-order valence-electron chi connectivity index (χ2n) is 10.0. The molecule has 0 aliphatic carbocycles. The van der Waals surface area contributed by atoms with E-state index in [0.717, 1.165) is 11.3 Å². The van der Waals surface area contributed by atoms with Gasteiger partial charge < -0.3 is 9.36 Å². The highest BCUT2D eigenvalue weighted by atomic mass is 19.1. The fourth-order valence-corrected chi connectivity index (χ4v) is 4.40. The Morgan fingerprint density at radius 1 is 1.08 bits per heavy atom. The normalized spacial score (nSPS) is 15.8. The van der Waals surface area contributed by atoms with Crippen molar-refractivity contribution in [3.8, 4) is 11.1 Å². The van der Waals surface area contributed by atoms with Crippen molar-refractivity contribution in [2.45, 2.75) is 58.5 Å². The van der Waals surface area contributed by atoms with Crippen LogP contribution in [-0.4, -0.2) is 26.6 Å². The number of rotatable bonds is 8. The van der Waals surface area contributed by atoms with Gasteiger partial charge in [-0.3, -0.25) is 9.78 Å². The molecule has 1 aliphatic heterocycles. The van der Waals surface area contributed by atoms with Crippen molar-refractivity contribution in [1.29, 1.82) is 0 Å². The van der Waals surface area contributed by atoms with Gasteiger partial charge in [0.2, 0.25) is 5.89 Å². The zero-order valence-electron chi connectivity index (χ0n) is 21.8. The topological polar surface area (TPSA) is 90.5 Å². The van der Waals surface area contributed by atoms with Crippen LogP contribution in [-0.2, 0) is 4.84 Å².